The molecule has 0 radical (unpaired) electrons. The number of amides is 1. The Morgan fingerprint density at radius 2 is 1.87 bits per heavy atom. The topological polar surface area (TPSA) is 99.5 Å². The number of carbonyl (C=O) groups is 2. The van der Waals surface area contributed by atoms with E-state index in [1.165, 1.54) is 16.3 Å². The summed E-state index contributed by atoms with van der Waals surface area (Å²) in [6.07, 6.45) is 0. The van der Waals surface area contributed by atoms with Crippen molar-refractivity contribution in [3.8, 4) is 0 Å². The molecule has 0 aliphatic heterocycles. The van der Waals surface area contributed by atoms with E-state index in [0.29, 0.717) is 47.1 Å². The zero-order chi connectivity index (χ0) is 22.2. The van der Waals surface area contributed by atoms with Gasteiger partial charge >= 0.3 is 5.97 Å². The molecule has 3 aromatic rings. The van der Waals surface area contributed by atoms with Gasteiger partial charge in [0.15, 0.2) is 5.16 Å². The molecule has 1 heterocycles. The molecule has 0 aliphatic rings. The second-order valence-electron chi connectivity index (χ2n) is 6.50. The highest BCUT2D eigenvalue weighted by molar-refractivity contribution is 7.99. The second-order valence-corrected chi connectivity index (χ2v) is 7.44. The first-order valence-corrected chi connectivity index (χ1v) is 10.7. The molecular formula is C22H23N3O5S. The van der Waals surface area contributed by atoms with Crippen LogP contribution in [0.15, 0.2) is 58.5 Å². The Bertz CT molecular complexity index is 1130. The second kappa shape index (κ2) is 10.7. The Labute approximate surface area is 183 Å². The average Bonchev–Trinajstić information content (AvgIpc) is 2.78. The lowest BCUT2D eigenvalue weighted by atomic mass is 10.2. The largest absolute Gasteiger partial charge is 0.462 e. The number of para-hydroxylation sites is 1. The zero-order valence-electron chi connectivity index (χ0n) is 17.3. The number of aromatic nitrogens is 2. The van der Waals surface area contributed by atoms with Crippen molar-refractivity contribution < 1.29 is 19.1 Å². The van der Waals surface area contributed by atoms with Gasteiger partial charge < -0.3 is 14.8 Å². The van der Waals surface area contributed by atoms with Gasteiger partial charge in [-0.25, -0.2) is 9.78 Å². The van der Waals surface area contributed by atoms with E-state index in [2.05, 4.69) is 10.3 Å². The summed E-state index contributed by atoms with van der Waals surface area (Å²) in [7, 11) is 1.56. The molecule has 1 aromatic heterocycles. The summed E-state index contributed by atoms with van der Waals surface area (Å²) in [5.41, 5.74) is 1.39. The molecule has 0 atom stereocenters. The van der Waals surface area contributed by atoms with Crippen molar-refractivity contribution in [2.24, 2.45) is 0 Å². The molecule has 3 rings (SSSR count). The Morgan fingerprint density at radius 1 is 1.13 bits per heavy atom. The van der Waals surface area contributed by atoms with E-state index in [-0.39, 0.29) is 17.2 Å². The van der Waals surface area contributed by atoms with Crippen LogP contribution in [0.1, 0.15) is 17.3 Å². The Balaban J connectivity index is 1.70. The van der Waals surface area contributed by atoms with Crippen LogP contribution < -0.4 is 10.9 Å². The normalized spacial score (nSPS) is 10.8. The number of rotatable bonds is 9. The first-order valence-electron chi connectivity index (χ1n) is 9.71. The van der Waals surface area contributed by atoms with Gasteiger partial charge in [-0.1, -0.05) is 23.9 Å². The van der Waals surface area contributed by atoms with E-state index >= 15 is 0 Å². The van der Waals surface area contributed by atoms with Gasteiger partial charge in [0.2, 0.25) is 5.91 Å². The fourth-order valence-corrected chi connectivity index (χ4v) is 3.69. The molecule has 0 saturated heterocycles. The molecule has 0 unspecified atom stereocenters. The number of nitrogens with zero attached hydrogens (tertiary/aromatic N) is 2. The van der Waals surface area contributed by atoms with E-state index < -0.39 is 5.97 Å². The lowest BCUT2D eigenvalue weighted by molar-refractivity contribution is -0.113. The molecule has 31 heavy (non-hydrogen) atoms. The molecule has 0 bridgehead atoms. The van der Waals surface area contributed by atoms with Gasteiger partial charge in [0, 0.05) is 12.8 Å². The number of hydrogen-bond acceptors (Lipinski definition) is 7. The molecule has 0 spiro atoms. The summed E-state index contributed by atoms with van der Waals surface area (Å²) in [6, 6.07) is 13.6. The van der Waals surface area contributed by atoms with E-state index in [1.54, 1.807) is 56.5 Å². The number of anilines is 1. The maximum Gasteiger partial charge on any atom is 0.338 e. The number of fused-ring (bicyclic) bond motifs is 1. The number of thioether (sulfide) groups is 1. The van der Waals surface area contributed by atoms with Crippen LogP contribution in [0.3, 0.4) is 0 Å². The molecule has 9 heteroatoms. The van der Waals surface area contributed by atoms with Gasteiger partial charge in [-0.2, -0.15) is 0 Å². The number of nitrogens with one attached hydrogen (secondary N) is 1. The van der Waals surface area contributed by atoms with Crippen molar-refractivity contribution in [1.82, 2.24) is 9.55 Å². The predicted octanol–water partition coefficient (Wildman–Crippen LogP) is 2.95. The Morgan fingerprint density at radius 3 is 2.58 bits per heavy atom. The number of carbonyl (C=O) groups excluding carboxylic acids is 2. The van der Waals surface area contributed by atoms with Crippen molar-refractivity contribution in [2.45, 2.75) is 18.6 Å². The van der Waals surface area contributed by atoms with E-state index in [1.807, 2.05) is 6.07 Å². The quantitative estimate of drug-likeness (QED) is 0.310. The molecule has 0 aliphatic carbocycles. The number of hydrogen-bond donors (Lipinski definition) is 1. The van der Waals surface area contributed by atoms with Crippen molar-refractivity contribution in [1.29, 1.82) is 0 Å². The first kappa shape index (κ1) is 22.5. The third-order valence-electron chi connectivity index (χ3n) is 4.36. The van der Waals surface area contributed by atoms with Crippen LogP contribution >= 0.6 is 11.8 Å². The van der Waals surface area contributed by atoms with Crippen molar-refractivity contribution in [2.75, 3.05) is 31.4 Å². The van der Waals surface area contributed by atoms with Gasteiger partial charge in [-0.05, 0) is 43.3 Å². The molecule has 8 nitrogen and oxygen atoms in total. The van der Waals surface area contributed by atoms with Crippen molar-refractivity contribution >= 4 is 40.2 Å². The summed E-state index contributed by atoms with van der Waals surface area (Å²) in [4.78, 5) is 41.5. The highest BCUT2D eigenvalue weighted by Crippen LogP contribution is 2.19. The minimum Gasteiger partial charge on any atom is -0.462 e. The third kappa shape index (κ3) is 5.71. The third-order valence-corrected chi connectivity index (χ3v) is 5.33. The molecule has 2 aromatic carbocycles. The van der Waals surface area contributed by atoms with Crippen LogP contribution in [0.5, 0.6) is 0 Å². The monoisotopic (exact) mass is 441 g/mol. The fraction of sp³-hybridized carbons (Fsp3) is 0.273. The van der Waals surface area contributed by atoms with Gasteiger partial charge in [-0.15, -0.1) is 0 Å². The standard InChI is InChI=1S/C22H23N3O5S/c1-3-30-21(28)15-8-10-16(11-9-15)23-19(26)14-31-22-24-18-7-5-4-6-17(18)20(27)25(22)12-13-29-2/h4-11H,3,12-14H2,1-2H3,(H,23,26). The van der Waals surface area contributed by atoms with Crippen LogP contribution in [-0.2, 0) is 20.8 Å². The summed E-state index contributed by atoms with van der Waals surface area (Å²) >= 11 is 1.18. The van der Waals surface area contributed by atoms with Crippen molar-refractivity contribution in [3.63, 3.8) is 0 Å². The van der Waals surface area contributed by atoms with Gasteiger partial charge in [0.05, 0.1) is 42.0 Å². The SMILES string of the molecule is CCOC(=O)c1ccc(NC(=O)CSc2nc3ccccc3c(=O)n2CCOC)cc1. The van der Waals surface area contributed by atoms with Crippen LogP contribution in [0.2, 0.25) is 0 Å². The zero-order valence-corrected chi connectivity index (χ0v) is 18.1. The molecule has 162 valence electrons. The highest BCUT2D eigenvalue weighted by Gasteiger charge is 2.13. The maximum absolute atomic E-state index is 12.8. The van der Waals surface area contributed by atoms with Crippen LogP contribution in [0.4, 0.5) is 5.69 Å². The number of methoxy groups -OCH3 is 1. The van der Waals surface area contributed by atoms with E-state index in [4.69, 9.17) is 9.47 Å². The average molecular weight is 442 g/mol. The minimum atomic E-state index is -0.410. The molecule has 0 fully saturated rings. The summed E-state index contributed by atoms with van der Waals surface area (Å²) in [5.74, 6) is -0.598. The smallest absolute Gasteiger partial charge is 0.338 e. The van der Waals surface area contributed by atoms with Gasteiger partial charge in [0.25, 0.3) is 5.56 Å². The molecule has 1 amide bonds. The number of benzene rings is 2. The lowest BCUT2D eigenvalue weighted by Gasteiger charge is -2.13. The minimum absolute atomic E-state index is 0.0669. The van der Waals surface area contributed by atoms with E-state index in [9.17, 15) is 14.4 Å². The maximum atomic E-state index is 12.8. The predicted molar refractivity (Wildman–Crippen MR) is 120 cm³/mol. The summed E-state index contributed by atoms with van der Waals surface area (Å²) < 4.78 is 11.6. The van der Waals surface area contributed by atoms with Crippen LogP contribution in [-0.4, -0.2) is 47.5 Å². The highest BCUT2D eigenvalue weighted by atomic mass is 32.2. The summed E-state index contributed by atoms with van der Waals surface area (Å²) in [6.45, 7) is 2.73. The van der Waals surface area contributed by atoms with Crippen molar-refractivity contribution in [3.05, 3.63) is 64.4 Å². The molecule has 1 N–H and O–H groups in total. The Hall–Kier alpha value is -3.17. The van der Waals surface area contributed by atoms with E-state index in [0.717, 1.165) is 0 Å². The lowest BCUT2D eigenvalue weighted by Crippen LogP contribution is -2.26. The first-order chi connectivity index (χ1) is 15.0. The number of esters is 1. The van der Waals surface area contributed by atoms with Gasteiger partial charge in [-0.3, -0.25) is 14.2 Å². The Kier molecular flexibility index (Phi) is 7.80. The van der Waals surface area contributed by atoms with Crippen LogP contribution in [0, 0.1) is 0 Å². The van der Waals surface area contributed by atoms with Gasteiger partial charge in [0.1, 0.15) is 0 Å². The fourth-order valence-electron chi connectivity index (χ4n) is 2.87. The summed E-state index contributed by atoms with van der Waals surface area (Å²) in [5, 5.41) is 3.75. The molecular weight excluding hydrogens is 418 g/mol. The van der Waals surface area contributed by atoms with Crippen LogP contribution in [0.25, 0.3) is 10.9 Å². The molecule has 0 saturated carbocycles. The number of ether oxygens (including phenoxy) is 2.